The van der Waals surface area contributed by atoms with Crippen LogP contribution >= 0.6 is 11.3 Å². The number of fused-ring (bicyclic) bond motifs is 1. The first-order chi connectivity index (χ1) is 37.2. The molecule has 20 heteroatoms. The van der Waals surface area contributed by atoms with E-state index in [0.717, 1.165) is 75.6 Å². The molecular formula is C57H69FN10O8S. The smallest absolute Gasteiger partial charge is 0.263 e. The van der Waals surface area contributed by atoms with E-state index in [2.05, 4.69) is 20.2 Å². The molecule has 4 fully saturated rings. The normalized spacial score (nSPS) is 18.1. The van der Waals surface area contributed by atoms with Crippen LogP contribution in [0.5, 0.6) is 0 Å². The lowest BCUT2D eigenvalue weighted by Gasteiger charge is -2.36. The molecule has 2 aliphatic heterocycles. The maximum Gasteiger partial charge on any atom is 0.263 e. The molecule has 5 aromatic rings. The number of nitrogens with zero attached hydrogens (tertiary/aromatic N) is 9. The molecule has 2 aliphatic carbocycles. The van der Waals surface area contributed by atoms with Gasteiger partial charge < -0.3 is 29.7 Å². The van der Waals surface area contributed by atoms with E-state index in [1.54, 1.807) is 41.9 Å². The number of anilines is 1. The zero-order valence-electron chi connectivity index (χ0n) is 44.5. The molecule has 18 nitrogen and oxygen atoms in total. The predicted octanol–water partition coefficient (Wildman–Crippen LogP) is 6.95. The number of likely N-dealkylation sites (N-methyl/N-ethyl adjacent to an activating group) is 1. The second-order valence-electron chi connectivity index (χ2n) is 21.0. The molecule has 408 valence electrons. The number of carbonyl (C=O) groups is 6. The number of piperazine rings is 1. The Bertz CT molecular complexity index is 3040. The minimum atomic E-state index is -0.869. The number of carbonyl (C=O) groups excluding carboxylic acids is 6. The molecule has 6 heterocycles. The average molecular weight is 1070 g/mol. The van der Waals surface area contributed by atoms with Gasteiger partial charge in [-0.25, -0.2) is 19.3 Å². The first-order valence-corrected chi connectivity index (χ1v) is 28.1. The Morgan fingerprint density at radius 2 is 1.56 bits per heavy atom. The Balaban J connectivity index is 0.710. The van der Waals surface area contributed by atoms with Crippen LogP contribution in [0.25, 0.3) is 11.0 Å². The van der Waals surface area contributed by atoms with Gasteiger partial charge in [0.05, 0.1) is 56.0 Å². The van der Waals surface area contributed by atoms with E-state index in [0.29, 0.717) is 78.6 Å². The summed E-state index contributed by atoms with van der Waals surface area (Å²) in [7, 11) is 1.56. The lowest BCUT2D eigenvalue weighted by molar-refractivity contribution is -0.143. The van der Waals surface area contributed by atoms with Gasteiger partial charge in [0.2, 0.25) is 29.4 Å². The van der Waals surface area contributed by atoms with Gasteiger partial charge in [-0.1, -0.05) is 32.1 Å². The van der Waals surface area contributed by atoms with Gasteiger partial charge in [0.25, 0.3) is 5.56 Å². The summed E-state index contributed by atoms with van der Waals surface area (Å²) in [5, 5.41) is 6.08. The quantitative estimate of drug-likeness (QED) is 0.0657. The number of hydrogen-bond donors (Lipinski definition) is 1. The number of thiazole rings is 1. The lowest BCUT2D eigenvalue weighted by Crippen LogP contribution is -2.56. The molecule has 4 amide bonds. The fraction of sp³-hybridized carbons (Fsp3) is 0.526. The van der Waals surface area contributed by atoms with Crippen molar-refractivity contribution in [3.05, 3.63) is 109 Å². The molecule has 0 bridgehead atoms. The monoisotopic (exact) mass is 1070 g/mol. The fourth-order valence-electron chi connectivity index (χ4n) is 11.5. The van der Waals surface area contributed by atoms with Crippen LogP contribution in [0.2, 0.25) is 0 Å². The number of pyridine rings is 2. The van der Waals surface area contributed by atoms with Crippen molar-refractivity contribution in [2.24, 2.45) is 5.92 Å². The Labute approximate surface area is 451 Å². The molecule has 1 aromatic carbocycles. The second kappa shape index (κ2) is 24.7. The highest BCUT2D eigenvalue weighted by atomic mass is 32.1. The fourth-order valence-corrected chi connectivity index (χ4v) is 12.4. The van der Waals surface area contributed by atoms with Gasteiger partial charge in [-0.3, -0.25) is 43.1 Å². The molecule has 1 N–H and O–H groups in total. The minimum absolute atomic E-state index is 0.00244. The van der Waals surface area contributed by atoms with Crippen molar-refractivity contribution < 1.29 is 37.9 Å². The average Bonchev–Trinajstić information content (AvgIpc) is 4.31. The van der Waals surface area contributed by atoms with Crippen molar-refractivity contribution in [3.63, 3.8) is 0 Å². The van der Waals surface area contributed by atoms with Crippen molar-refractivity contribution in [1.82, 2.24) is 44.5 Å². The van der Waals surface area contributed by atoms with Crippen LogP contribution in [-0.4, -0.2) is 139 Å². The number of benzene rings is 1. The van der Waals surface area contributed by atoms with Crippen LogP contribution in [0.3, 0.4) is 0 Å². The number of rotatable bonds is 19. The zero-order chi connectivity index (χ0) is 54.3. The van der Waals surface area contributed by atoms with E-state index in [9.17, 15) is 38.0 Å². The standard InChI is InChI=1S/C57H69FN10O8S/c1-35-44-33-60-47(62-53(44)68(42-13-8-9-14-42)56(74)50(35)37(3)69)31-41-20-21-43(32-59-41)65-25-27-66(28-26-65)49(71)23-30-76-29-22-48(70)64(4)36(2)54(73)63-51(38-11-6-5-7-12-38)57(75)67-24-10-15-46(67)55-61-45(34-77-55)52(72)39-16-18-40(58)19-17-39/h16-21,32-34,36,38,42,46,51H,5-15,22-31H2,1-4H3,(H,63,73)/t36-,46-,51-/m0/s1. The van der Waals surface area contributed by atoms with Crippen molar-refractivity contribution >= 4 is 63.3 Å². The second-order valence-corrected chi connectivity index (χ2v) is 21.9. The van der Waals surface area contributed by atoms with Crippen molar-refractivity contribution in [2.75, 3.05) is 57.9 Å². The largest absolute Gasteiger partial charge is 0.380 e. The van der Waals surface area contributed by atoms with Crippen molar-refractivity contribution in [3.8, 4) is 0 Å². The molecular weight excluding hydrogens is 1000 g/mol. The number of aromatic nitrogens is 5. The highest BCUT2D eigenvalue weighted by molar-refractivity contribution is 7.10. The summed E-state index contributed by atoms with van der Waals surface area (Å²) < 4.78 is 21.0. The van der Waals surface area contributed by atoms with E-state index in [-0.39, 0.29) is 90.2 Å². The summed E-state index contributed by atoms with van der Waals surface area (Å²) in [5.74, 6) is -1.50. The third-order valence-corrected chi connectivity index (χ3v) is 17.0. The maximum absolute atomic E-state index is 14.5. The number of hydrogen-bond acceptors (Lipinski definition) is 14. The molecule has 2 saturated heterocycles. The third-order valence-electron chi connectivity index (χ3n) is 16.1. The Kier molecular flexibility index (Phi) is 17.6. The number of ketones is 2. The van der Waals surface area contributed by atoms with Gasteiger partial charge in [0.1, 0.15) is 40.1 Å². The van der Waals surface area contributed by atoms with Crippen LogP contribution in [0, 0.1) is 18.7 Å². The topological polar surface area (TPSA) is 210 Å². The molecule has 4 aromatic heterocycles. The van der Waals surface area contributed by atoms with E-state index in [4.69, 9.17) is 14.7 Å². The summed E-state index contributed by atoms with van der Waals surface area (Å²) in [6.07, 6.45) is 13.8. The summed E-state index contributed by atoms with van der Waals surface area (Å²) in [4.78, 5) is 120. The van der Waals surface area contributed by atoms with Gasteiger partial charge in [0, 0.05) is 74.0 Å². The minimum Gasteiger partial charge on any atom is -0.380 e. The number of aryl methyl sites for hydroxylation is 1. The summed E-state index contributed by atoms with van der Waals surface area (Å²) in [5.41, 5.74) is 3.36. The van der Waals surface area contributed by atoms with Crippen molar-refractivity contribution in [2.45, 2.75) is 135 Å². The van der Waals surface area contributed by atoms with Crippen LogP contribution in [-0.2, 0) is 30.3 Å². The van der Waals surface area contributed by atoms with Crippen LogP contribution in [0.15, 0.2) is 59.0 Å². The summed E-state index contributed by atoms with van der Waals surface area (Å²) in [6, 6.07) is 7.26. The maximum atomic E-state index is 14.5. The summed E-state index contributed by atoms with van der Waals surface area (Å²) in [6.45, 7) is 7.87. The molecule has 4 aliphatic rings. The third kappa shape index (κ3) is 12.5. The Morgan fingerprint density at radius 1 is 0.844 bits per heavy atom. The summed E-state index contributed by atoms with van der Waals surface area (Å²) >= 11 is 1.31. The van der Waals surface area contributed by atoms with Crippen LogP contribution < -0.4 is 15.8 Å². The van der Waals surface area contributed by atoms with E-state index < -0.39 is 23.8 Å². The van der Waals surface area contributed by atoms with Crippen molar-refractivity contribution in [1.29, 1.82) is 0 Å². The van der Waals surface area contributed by atoms with E-state index in [1.165, 1.54) is 47.4 Å². The number of amides is 4. The van der Waals surface area contributed by atoms with E-state index in [1.807, 2.05) is 23.2 Å². The SMILES string of the molecule is CC(=O)c1c(C)c2cnc(Cc3ccc(N4CCN(C(=O)CCOCCC(=O)N(C)[C@@H](C)C(=O)N[C@H](C(=O)N5CCC[C@H]5c5nc(C(=O)c6ccc(F)cc6)cs5)C5CCCCC5)CC4)cn3)nc2n(C2CCCC2)c1=O. The van der Waals surface area contributed by atoms with Gasteiger partial charge in [0.15, 0.2) is 5.78 Å². The molecule has 9 rings (SSSR count). The van der Waals surface area contributed by atoms with Gasteiger partial charge in [-0.15, -0.1) is 11.3 Å². The molecule has 0 radical (unpaired) electrons. The highest BCUT2D eigenvalue weighted by Gasteiger charge is 2.41. The van der Waals surface area contributed by atoms with Gasteiger partial charge in [-0.2, -0.15) is 0 Å². The molecule has 0 spiro atoms. The molecule has 0 unspecified atom stereocenters. The number of ether oxygens (including phenoxy) is 1. The van der Waals surface area contributed by atoms with Crippen LogP contribution in [0.4, 0.5) is 10.1 Å². The number of Topliss-reactive ketones (excluding diaryl/α,β-unsaturated/α-hetero) is 1. The Hall–Kier alpha value is -6.80. The number of nitrogens with one attached hydrogen (secondary N) is 1. The highest BCUT2D eigenvalue weighted by Crippen LogP contribution is 2.37. The van der Waals surface area contributed by atoms with E-state index >= 15 is 0 Å². The molecule has 77 heavy (non-hydrogen) atoms. The van der Waals surface area contributed by atoms with Gasteiger partial charge >= 0.3 is 0 Å². The van der Waals surface area contributed by atoms with Crippen LogP contribution in [0.1, 0.15) is 158 Å². The zero-order valence-corrected chi connectivity index (χ0v) is 45.3. The first kappa shape index (κ1) is 55.0. The lowest BCUT2D eigenvalue weighted by atomic mass is 9.83. The molecule has 3 atom stereocenters. The predicted molar refractivity (Wildman–Crippen MR) is 288 cm³/mol. The number of halogens is 1. The first-order valence-electron chi connectivity index (χ1n) is 27.3. The number of likely N-dealkylation sites (tertiary alicyclic amines) is 1. The molecule has 2 saturated carbocycles. The van der Waals surface area contributed by atoms with Gasteiger partial charge in [-0.05, 0) is 107 Å². The Morgan fingerprint density at radius 3 is 2.26 bits per heavy atom.